The first kappa shape index (κ1) is 18.4. The molecule has 1 heterocycles. The lowest BCUT2D eigenvalue weighted by molar-refractivity contribution is -0.155. The third-order valence-corrected chi connectivity index (χ3v) is 5.33. The second-order valence-corrected chi connectivity index (χ2v) is 8.37. The third-order valence-electron chi connectivity index (χ3n) is 3.95. The maximum Gasteiger partial charge on any atom is 0.361 e. The van der Waals surface area contributed by atoms with Crippen molar-refractivity contribution in [3.63, 3.8) is 0 Å². The summed E-state index contributed by atoms with van der Waals surface area (Å²) in [7, 11) is -3.36. The van der Waals surface area contributed by atoms with Crippen molar-refractivity contribution >= 4 is 38.9 Å². The number of carboxylic acids is 1. The molecule has 7 nitrogen and oxygen atoms in total. The van der Waals surface area contributed by atoms with Crippen molar-refractivity contribution in [2.24, 2.45) is 4.99 Å². The van der Waals surface area contributed by atoms with Crippen molar-refractivity contribution < 1.29 is 23.4 Å². The van der Waals surface area contributed by atoms with E-state index in [2.05, 4.69) is 4.99 Å². The van der Waals surface area contributed by atoms with Crippen molar-refractivity contribution in [2.45, 2.75) is 10.6 Å². The number of nitrogens with zero attached hydrogens (tertiary/aromatic N) is 2. The average Bonchev–Trinajstić information content (AvgIpc) is 2.94. The Morgan fingerprint density at radius 3 is 2.23 bits per heavy atom. The Morgan fingerprint density at radius 2 is 1.73 bits per heavy atom. The van der Waals surface area contributed by atoms with Crippen LogP contribution in [0.5, 0.6) is 0 Å². The lowest BCUT2D eigenvalue weighted by atomic mass is 10.1. The van der Waals surface area contributed by atoms with Crippen LogP contribution in [0.3, 0.4) is 0 Å². The van der Waals surface area contributed by atoms with Gasteiger partial charge in [0.05, 0.1) is 11.4 Å². The molecule has 2 aromatic carbocycles. The maximum absolute atomic E-state index is 11.6. The van der Waals surface area contributed by atoms with Crippen molar-refractivity contribution in [1.82, 2.24) is 0 Å². The first-order valence-electron chi connectivity index (χ1n) is 7.49. The standard InChI is InChI=1S/C17H15ClN2O5S/c1-26(24,25)14-8-6-13(7-9-14)20-10-17(23,16(21)22)19-15(20)11-2-4-12(18)5-3-11/h2-9,23H,10H2,1H3,(H,21,22). The molecule has 1 aliphatic heterocycles. The summed E-state index contributed by atoms with van der Waals surface area (Å²) >= 11 is 5.88. The molecule has 3 rings (SSSR count). The van der Waals surface area contributed by atoms with Crippen molar-refractivity contribution in [3.05, 3.63) is 59.1 Å². The van der Waals surface area contributed by atoms with E-state index in [1.807, 2.05) is 0 Å². The maximum atomic E-state index is 11.6. The van der Waals surface area contributed by atoms with Crippen molar-refractivity contribution in [2.75, 3.05) is 17.7 Å². The Kier molecular flexibility index (Phi) is 4.51. The minimum absolute atomic E-state index is 0.138. The normalized spacial score (nSPS) is 20.1. The van der Waals surface area contributed by atoms with E-state index in [0.717, 1.165) is 6.26 Å². The first-order valence-corrected chi connectivity index (χ1v) is 9.76. The van der Waals surface area contributed by atoms with Gasteiger partial charge in [-0.05, 0) is 48.5 Å². The number of carboxylic acid groups (broad SMARTS) is 1. The van der Waals surface area contributed by atoms with Crippen LogP contribution < -0.4 is 4.90 Å². The van der Waals surface area contributed by atoms with Gasteiger partial charge in [-0.25, -0.2) is 18.2 Å². The molecule has 136 valence electrons. The van der Waals surface area contributed by atoms with E-state index in [1.165, 1.54) is 29.2 Å². The van der Waals surface area contributed by atoms with E-state index in [9.17, 15) is 23.4 Å². The van der Waals surface area contributed by atoms with Crippen LogP contribution in [-0.2, 0) is 14.6 Å². The van der Waals surface area contributed by atoms with Crippen molar-refractivity contribution in [1.29, 1.82) is 0 Å². The molecule has 0 bridgehead atoms. The molecule has 9 heteroatoms. The zero-order valence-corrected chi connectivity index (χ0v) is 15.2. The lowest BCUT2D eigenvalue weighted by Crippen LogP contribution is -2.42. The van der Waals surface area contributed by atoms with Crippen LogP contribution in [0, 0.1) is 0 Å². The minimum Gasteiger partial charge on any atom is -0.478 e. The average molecular weight is 395 g/mol. The van der Waals surface area contributed by atoms with Gasteiger partial charge in [-0.15, -0.1) is 0 Å². The highest BCUT2D eigenvalue weighted by atomic mass is 35.5. The van der Waals surface area contributed by atoms with Gasteiger partial charge in [0, 0.05) is 22.5 Å². The molecule has 0 fully saturated rings. The van der Waals surface area contributed by atoms with Gasteiger partial charge in [0.15, 0.2) is 9.84 Å². The van der Waals surface area contributed by atoms with E-state index in [-0.39, 0.29) is 17.3 Å². The molecule has 0 saturated heterocycles. The molecule has 0 saturated carbocycles. The number of aliphatic imine (C=N–C) groups is 1. The SMILES string of the molecule is CS(=O)(=O)c1ccc(N2CC(O)(C(=O)O)N=C2c2ccc(Cl)cc2)cc1. The second kappa shape index (κ2) is 6.39. The van der Waals surface area contributed by atoms with E-state index in [4.69, 9.17) is 11.6 Å². The van der Waals surface area contributed by atoms with Crippen LogP contribution in [0.1, 0.15) is 5.56 Å². The van der Waals surface area contributed by atoms with Gasteiger partial charge in [-0.2, -0.15) is 0 Å². The van der Waals surface area contributed by atoms with Gasteiger partial charge in [0.25, 0.3) is 5.72 Å². The summed E-state index contributed by atoms with van der Waals surface area (Å²) in [4.78, 5) is 17.1. The Labute approximate surface area is 155 Å². The van der Waals surface area contributed by atoms with Crippen LogP contribution in [0.15, 0.2) is 58.4 Å². The lowest BCUT2D eigenvalue weighted by Gasteiger charge is -2.22. The van der Waals surface area contributed by atoms with E-state index in [1.54, 1.807) is 24.3 Å². The number of β-amino-alcohol motifs (C(OH)–C–C–N with tert-alkyl or cyclic N) is 1. The molecule has 0 radical (unpaired) electrons. The number of hydrogen-bond acceptors (Lipinski definition) is 6. The Bertz CT molecular complexity index is 987. The quantitative estimate of drug-likeness (QED) is 0.818. The Hall–Kier alpha value is -2.42. The summed E-state index contributed by atoms with van der Waals surface area (Å²) in [6, 6.07) is 12.5. The highest BCUT2D eigenvalue weighted by molar-refractivity contribution is 7.90. The fourth-order valence-corrected chi connectivity index (χ4v) is 3.34. The summed E-state index contributed by atoms with van der Waals surface area (Å²) in [6.07, 6.45) is 1.10. The zero-order valence-electron chi connectivity index (χ0n) is 13.6. The van der Waals surface area contributed by atoms with Crippen LogP contribution in [0.2, 0.25) is 5.02 Å². The summed E-state index contributed by atoms with van der Waals surface area (Å²) in [5.74, 6) is -1.22. The predicted octanol–water partition coefficient (Wildman–Crippen LogP) is 1.78. The molecule has 0 spiro atoms. The summed E-state index contributed by atoms with van der Waals surface area (Å²) < 4.78 is 23.2. The number of benzene rings is 2. The molecule has 1 atom stereocenters. The number of carbonyl (C=O) groups is 1. The van der Waals surface area contributed by atoms with Crippen LogP contribution in [-0.4, -0.2) is 49.0 Å². The van der Waals surface area contributed by atoms with Gasteiger partial charge >= 0.3 is 5.97 Å². The molecule has 1 aliphatic rings. The summed E-state index contributed by atoms with van der Waals surface area (Å²) in [6.45, 7) is -0.307. The fourth-order valence-electron chi connectivity index (χ4n) is 2.59. The molecule has 2 aromatic rings. The van der Waals surface area contributed by atoms with Crippen LogP contribution in [0.4, 0.5) is 5.69 Å². The number of rotatable bonds is 4. The highest BCUT2D eigenvalue weighted by Crippen LogP contribution is 2.29. The van der Waals surface area contributed by atoms with E-state index >= 15 is 0 Å². The molecule has 0 amide bonds. The van der Waals surface area contributed by atoms with Gasteiger partial charge in [0.1, 0.15) is 5.84 Å². The van der Waals surface area contributed by atoms with Gasteiger partial charge < -0.3 is 15.1 Å². The van der Waals surface area contributed by atoms with Gasteiger partial charge in [-0.1, -0.05) is 11.6 Å². The number of aliphatic hydroxyl groups is 1. The summed E-state index contributed by atoms with van der Waals surface area (Å²) in [5.41, 5.74) is -1.23. The third kappa shape index (κ3) is 3.44. The van der Waals surface area contributed by atoms with Gasteiger partial charge in [-0.3, -0.25) is 0 Å². The monoisotopic (exact) mass is 394 g/mol. The molecule has 1 unspecified atom stereocenters. The number of amidine groups is 1. The van der Waals surface area contributed by atoms with Crippen LogP contribution in [0.25, 0.3) is 0 Å². The minimum atomic E-state index is -3.36. The topological polar surface area (TPSA) is 107 Å². The number of hydrogen-bond donors (Lipinski definition) is 2. The highest BCUT2D eigenvalue weighted by Gasteiger charge is 2.45. The van der Waals surface area contributed by atoms with E-state index < -0.39 is 21.5 Å². The number of sulfone groups is 1. The fraction of sp³-hybridized carbons (Fsp3) is 0.176. The Balaban J connectivity index is 2.05. The largest absolute Gasteiger partial charge is 0.478 e. The van der Waals surface area contributed by atoms with Gasteiger partial charge in [0.2, 0.25) is 0 Å². The van der Waals surface area contributed by atoms with Crippen LogP contribution >= 0.6 is 11.6 Å². The molecular weight excluding hydrogens is 380 g/mol. The second-order valence-electron chi connectivity index (χ2n) is 5.92. The number of aliphatic carboxylic acids is 1. The number of halogens is 1. The first-order chi connectivity index (χ1) is 12.1. The zero-order chi connectivity index (χ0) is 19.1. The molecule has 2 N–H and O–H groups in total. The Morgan fingerprint density at radius 1 is 1.15 bits per heavy atom. The summed E-state index contributed by atoms with van der Waals surface area (Å²) in [5, 5.41) is 20.1. The number of anilines is 1. The van der Waals surface area contributed by atoms with E-state index in [0.29, 0.717) is 16.3 Å². The predicted molar refractivity (Wildman–Crippen MR) is 97.5 cm³/mol. The molecular formula is C17H15ClN2O5S. The van der Waals surface area contributed by atoms with Crippen molar-refractivity contribution in [3.8, 4) is 0 Å². The smallest absolute Gasteiger partial charge is 0.361 e. The molecule has 0 aliphatic carbocycles. The molecule has 0 aromatic heterocycles. The molecule has 26 heavy (non-hydrogen) atoms.